The third-order valence-corrected chi connectivity index (χ3v) is 5.65. The summed E-state index contributed by atoms with van der Waals surface area (Å²) in [5.41, 5.74) is 0.425. The number of nitrogens with zero attached hydrogens (tertiary/aromatic N) is 2. The van der Waals surface area contributed by atoms with Gasteiger partial charge >= 0.3 is 23.2 Å². The molecule has 2 aromatic heterocycles. The molecule has 0 amide bonds. The molecule has 12 nitrogen and oxygen atoms in total. The van der Waals surface area contributed by atoms with Gasteiger partial charge in [0, 0.05) is 28.9 Å². The Labute approximate surface area is 254 Å². The SMILES string of the molecule is CC(=Nc1ccc(C(=O)O)cc1)c1c(O)cc(C)oc1=O.CC(=Nc1ccc(C(=O)O)cc1)c1c(O)cc(C)oc1=O.[Co]. The summed E-state index contributed by atoms with van der Waals surface area (Å²) in [6.07, 6.45) is 0. The first kappa shape index (κ1) is 33.9. The minimum Gasteiger partial charge on any atom is -0.507 e. The number of carbonyl (C=O) groups is 2. The summed E-state index contributed by atoms with van der Waals surface area (Å²) in [5.74, 6) is -1.85. The maximum Gasteiger partial charge on any atom is 0.348 e. The van der Waals surface area contributed by atoms with Crippen molar-refractivity contribution >= 4 is 34.7 Å². The van der Waals surface area contributed by atoms with Gasteiger partial charge in [-0.15, -0.1) is 0 Å². The van der Waals surface area contributed by atoms with Crippen LogP contribution in [0.4, 0.5) is 11.4 Å². The third kappa shape index (κ3) is 8.85. The minimum absolute atomic E-state index is 0. The molecule has 4 rings (SSSR count). The average molecular weight is 633 g/mol. The molecular weight excluding hydrogens is 607 g/mol. The van der Waals surface area contributed by atoms with Gasteiger partial charge in [0.1, 0.15) is 34.1 Å². The van der Waals surface area contributed by atoms with Crippen LogP contribution in [-0.4, -0.2) is 43.8 Å². The second kappa shape index (κ2) is 14.6. The van der Waals surface area contributed by atoms with E-state index in [2.05, 4.69) is 9.98 Å². The van der Waals surface area contributed by atoms with E-state index in [1.807, 2.05) is 0 Å². The molecule has 0 bridgehead atoms. The largest absolute Gasteiger partial charge is 0.507 e. The zero-order valence-corrected chi connectivity index (χ0v) is 24.3. The molecule has 2 heterocycles. The topological polar surface area (TPSA) is 200 Å². The molecule has 0 saturated heterocycles. The summed E-state index contributed by atoms with van der Waals surface area (Å²) >= 11 is 0. The van der Waals surface area contributed by atoms with Crippen LogP contribution >= 0.6 is 0 Å². The van der Waals surface area contributed by atoms with Crippen LogP contribution < -0.4 is 11.3 Å². The Morgan fingerprint density at radius 1 is 0.628 bits per heavy atom. The first-order valence-electron chi connectivity index (χ1n) is 12.2. The predicted molar refractivity (Wildman–Crippen MR) is 153 cm³/mol. The van der Waals surface area contributed by atoms with Gasteiger partial charge in [-0.2, -0.15) is 0 Å². The minimum atomic E-state index is -1.03. The molecular formula is C30H26CoN2O10. The monoisotopic (exact) mass is 633 g/mol. The van der Waals surface area contributed by atoms with Crippen LogP contribution in [0.25, 0.3) is 0 Å². The van der Waals surface area contributed by atoms with Crippen LogP contribution in [0.5, 0.6) is 11.5 Å². The van der Waals surface area contributed by atoms with E-state index < -0.39 is 23.2 Å². The number of aryl methyl sites for hydroxylation is 2. The molecule has 0 aliphatic rings. The molecule has 13 heteroatoms. The Kier molecular flexibility index (Phi) is 11.5. The summed E-state index contributed by atoms with van der Waals surface area (Å²) in [6, 6.07) is 14.4. The first-order chi connectivity index (χ1) is 19.8. The standard InChI is InChI=1S/2C15H13NO5.Co/c2*1-8-7-12(17)13(15(20)21-8)9(2)16-11-5-3-10(4-6-11)14(18)19;/h2*3-7,17H,1-2H3,(H,18,19);. The van der Waals surface area contributed by atoms with Gasteiger partial charge in [0.25, 0.3) is 0 Å². The van der Waals surface area contributed by atoms with Gasteiger partial charge in [-0.3, -0.25) is 9.98 Å². The van der Waals surface area contributed by atoms with Gasteiger partial charge in [0.15, 0.2) is 0 Å². The number of hydrogen-bond donors (Lipinski definition) is 4. The number of aliphatic imine (C=N–C) groups is 2. The van der Waals surface area contributed by atoms with Crippen LogP contribution in [0.2, 0.25) is 0 Å². The summed E-state index contributed by atoms with van der Waals surface area (Å²) in [6.45, 7) is 6.24. The van der Waals surface area contributed by atoms with E-state index in [4.69, 9.17) is 19.0 Å². The summed E-state index contributed by atoms with van der Waals surface area (Å²) in [5, 5.41) is 37.3. The predicted octanol–water partition coefficient (Wildman–Crippen LogP) is 4.98. The molecule has 0 unspecified atom stereocenters. The van der Waals surface area contributed by atoms with E-state index in [1.54, 1.807) is 27.7 Å². The summed E-state index contributed by atoms with van der Waals surface area (Å²) in [4.78, 5) is 53.4. The summed E-state index contributed by atoms with van der Waals surface area (Å²) < 4.78 is 9.85. The fraction of sp³-hybridized carbons (Fsp3) is 0.133. The molecule has 0 fully saturated rings. The molecule has 0 aliphatic heterocycles. The molecule has 0 atom stereocenters. The summed E-state index contributed by atoms with van der Waals surface area (Å²) in [7, 11) is 0. The van der Waals surface area contributed by atoms with Crippen molar-refractivity contribution in [2.45, 2.75) is 27.7 Å². The Hall–Kier alpha value is -5.27. The fourth-order valence-electron chi connectivity index (χ4n) is 3.71. The van der Waals surface area contributed by atoms with E-state index in [9.17, 15) is 29.4 Å². The number of carboxylic acid groups (broad SMARTS) is 2. The van der Waals surface area contributed by atoms with Gasteiger partial charge < -0.3 is 29.3 Å². The van der Waals surface area contributed by atoms with Gasteiger partial charge in [0.05, 0.1) is 33.9 Å². The maximum absolute atomic E-state index is 11.8. The molecule has 0 spiro atoms. The average Bonchev–Trinajstić information content (AvgIpc) is 2.88. The van der Waals surface area contributed by atoms with E-state index in [0.29, 0.717) is 22.9 Å². The normalized spacial score (nSPS) is 11.2. The molecule has 225 valence electrons. The number of hydrogen-bond acceptors (Lipinski definition) is 10. The zero-order valence-electron chi connectivity index (χ0n) is 23.2. The van der Waals surface area contributed by atoms with Crippen molar-refractivity contribution in [2.24, 2.45) is 9.98 Å². The van der Waals surface area contributed by atoms with Gasteiger partial charge in [-0.05, 0) is 76.2 Å². The Balaban J connectivity index is 0.000000293. The van der Waals surface area contributed by atoms with Gasteiger partial charge in [0.2, 0.25) is 0 Å². The van der Waals surface area contributed by atoms with Crippen LogP contribution in [0.1, 0.15) is 57.2 Å². The number of rotatable bonds is 6. The second-order valence-electron chi connectivity index (χ2n) is 8.91. The number of carboxylic acids is 2. The number of aromatic hydroxyl groups is 2. The van der Waals surface area contributed by atoms with E-state index in [0.717, 1.165) is 0 Å². The van der Waals surface area contributed by atoms with Crippen molar-refractivity contribution in [1.29, 1.82) is 0 Å². The molecule has 0 saturated carbocycles. The zero-order chi connectivity index (χ0) is 31.1. The van der Waals surface area contributed by atoms with Crippen molar-refractivity contribution in [2.75, 3.05) is 0 Å². The van der Waals surface area contributed by atoms with E-state index in [-0.39, 0.29) is 62.0 Å². The van der Waals surface area contributed by atoms with Crippen molar-refractivity contribution in [3.8, 4) is 11.5 Å². The van der Waals surface area contributed by atoms with Crippen LogP contribution in [0, 0.1) is 13.8 Å². The Bertz CT molecular complexity index is 1690. The van der Waals surface area contributed by atoms with Crippen LogP contribution in [-0.2, 0) is 16.8 Å². The van der Waals surface area contributed by atoms with Crippen molar-refractivity contribution < 1.29 is 55.6 Å². The quantitative estimate of drug-likeness (QED) is 0.210. The maximum atomic E-state index is 11.8. The molecule has 43 heavy (non-hydrogen) atoms. The molecule has 0 aliphatic carbocycles. The molecule has 4 aromatic rings. The van der Waals surface area contributed by atoms with E-state index >= 15 is 0 Å². The molecule has 2 aromatic carbocycles. The molecule has 1 radical (unpaired) electrons. The van der Waals surface area contributed by atoms with Crippen molar-refractivity contribution in [3.05, 3.63) is 115 Å². The third-order valence-electron chi connectivity index (χ3n) is 5.65. The molecule has 4 N–H and O–H groups in total. The van der Waals surface area contributed by atoms with E-state index in [1.165, 1.54) is 60.7 Å². The smallest absolute Gasteiger partial charge is 0.348 e. The van der Waals surface area contributed by atoms with Crippen LogP contribution in [0.15, 0.2) is 89.1 Å². The van der Waals surface area contributed by atoms with Crippen molar-refractivity contribution in [3.63, 3.8) is 0 Å². The Morgan fingerprint density at radius 3 is 1.19 bits per heavy atom. The second-order valence-corrected chi connectivity index (χ2v) is 8.91. The van der Waals surface area contributed by atoms with Crippen LogP contribution in [0.3, 0.4) is 0 Å². The Morgan fingerprint density at radius 2 is 0.930 bits per heavy atom. The van der Waals surface area contributed by atoms with Crippen molar-refractivity contribution in [1.82, 2.24) is 0 Å². The van der Waals surface area contributed by atoms with Gasteiger partial charge in [-0.25, -0.2) is 19.2 Å². The first-order valence-corrected chi connectivity index (χ1v) is 12.2. The number of benzene rings is 2. The number of aromatic carboxylic acids is 2. The van der Waals surface area contributed by atoms with Gasteiger partial charge in [-0.1, -0.05) is 0 Å². The fourth-order valence-corrected chi connectivity index (χ4v) is 3.71.